The summed E-state index contributed by atoms with van der Waals surface area (Å²) in [5.74, 6) is 1.11. The molecular weight excluding hydrogens is 300 g/mol. The van der Waals surface area contributed by atoms with Crippen LogP contribution in [0.15, 0.2) is 28.7 Å². The molecule has 1 aliphatic rings. The molecule has 5 nitrogen and oxygen atoms in total. The van der Waals surface area contributed by atoms with Gasteiger partial charge in [0.15, 0.2) is 0 Å². The summed E-state index contributed by atoms with van der Waals surface area (Å²) < 4.78 is 5.66. The molecule has 1 saturated heterocycles. The molecule has 0 amide bonds. The quantitative estimate of drug-likeness (QED) is 0.829. The summed E-state index contributed by atoms with van der Waals surface area (Å²) in [5.41, 5.74) is 0.847. The molecule has 0 atom stereocenters. The smallest absolute Gasteiger partial charge is 0.247 e. The van der Waals surface area contributed by atoms with E-state index < -0.39 is 0 Å². The van der Waals surface area contributed by atoms with Crippen molar-refractivity contribution < 1.29 is 4.42 Å². The Morgan fingerprint density at radius 3 is 2.86 bits per heavy atom. The fourth-order valence-electron chi connectivity index (χ4n) is 2.68. The second-order valence-electron chi connectivity index (χ2n) is 5.59. The number of rotatable bonds is 6. The highest BCUT2D eigenvalue weighted by atomic mass is 35.5. The van der Waals surface area contributed by atoms with E-state index >= 15 is 0 Å². The van der Waals surface area contributed by atoms with E-state index in [-0.39, 0.29) is 0 Å². The molecule has 1 fully saturated rings. The van der Waals surface area contributed by atoms with Crippen molar-refractivity contribution in [1.82, 2.24) is 20.4 Å². The highest BCUT2D eigenvalue weighted by molar-refractivity contribution is 6.30. The molecule has 1 aromatic carbocycles. The highest BCUT2D eigenvalue weighted by Crippen LogP contribution is 2.21. The lowest BCUT2D eigenvalue weighted by Gasteiger charge is -2.26. The molecule has 0 aliphatic carbocycles. The normalized spacial score (nSPS) is 16.0. The third-order valence-electron chi connectivity index (χ3n) is 3.87. The number of hydrogen-bond acceptors (Lipinski definition) is 5. The number of benzene rings is 1. The van der Waals surface area contributed by atoms with Gasteiger partial charge >= 0.3 is 0 Å². The van der Waals surface area contributed by atoms with Gasteiger partial charge in [0.25, 0.3) is 0 Å². The summed E-state index contributed by atoms with van der Waals surface area (Å²) >= 11 is 5.97. The number of halogens is 1. The Balaban J connectivity index is 1.45. The van der Waals surface area contributed by atoms with Gasteiger partial charge in [0.2, 0.25) is 11.8 Å². The molecule has 2 aromatic rings. The lowest BCUT2D eigenvalue weighted by molar-refractivity contribution is 0.228. The van der Waals surface area contributed by atoms with Crippen LogP contribution in [0.5, 0.6) is 0 Å². The maximum absolute atomic E-state index is 5.97. The summed E-state index contributed by atoms with van der Waals surface area (Å²) in [6, 6.07) is 7.43. The molecule has 0 bridgehead atoms. The van der Waals surface area contributed by atoms with E-state index in [1.54, 1.807) is 0 Å². The summed E-state index contributed by atoms with van der Waals surface area (Å²) in [5, 5.41) is 12.2. The van der Waals surface area contributed by atoms with Crippen molar-refractivity contribution in [3.8, 4) is 11.5 Å². The van der Waals surface area contributed by atoms with Crippen LogP contribution in [0, 0.1) is 0 Å². The molecule has 0 spiro atoms. The van der Waals surface area contributed by atoms with Crippen molar-refractivity contribution in [2.45, 2.75) is 25.8 Å². The zero-order chi connectivity index (χ0) is 15.2. The Morgan fingerprint density at radius 2 is 2.05 bits per heavy atom. The molecule has 0 radical (unpaired) electrons. The number of likely N-dealkylation sites (tertiary alicyclic amines) is 1. The van der Waals surface area contributed by atoms with Gasteiger partial charge in [-0.2, -0.15) is 0 Å². The van der Waals surface area contributed by atoms with Crippen molar-refractivity contribution >= 4 is 11.6 Å². The minimum Gasteiger partial charge on any atom is -0.419 e. The van der Waals surface area contributed by atoms with Crippen molar-refractivity contribution in [3.63, 3.8) is 0 Å². The molecule has 3 rings (SSSR count). The Bertz CT molecular complexity index is 595. The van der Waals surface area contributed by atoms with Gasteiger partial charge < -0.3 is 14.6 Å². The van der Waals surface area contributed by atoms with Crippen molar-refractivity contribution in [2.75, 3.05) is 26.2 Å². The van der Waals surface area contributed by atoms with Crippen LogP contribution in [0.1, 0.15) is 25.2 Å². The average molecular weight is 321 g/mol. The summed E-state index contributed by atoms with van der Waals surface area (Å²) in [6.45, 7) is 5.06. The van der Waals surface area contributed by atoms with Gasteiger partial charge in [-0.25, -0.2) is 0 Å². The van der Waals surface area contributed by atoms with E-state index in [0.717, 1.165) is 18.7 Å². The number of nitrogens with zero attached hydrogens (tertiary/aromatic N) is 3. The van der Waals surface area contributed by atoms with Gasteiger partial charge in [-0.15, -0.1) is 10.2 Å². The first kappa shape index (κ1) is 15.5. The first-order chi connectivity index (χ1) is 10.8. The van der Waals surface area contributed by atoms with E-state index in [2.05, 4.69) is 20.4 Å². The van der Waals surface area contributed by atoms with Gasteiger partial charge in [-0.1, -0.05) is 24.1 Å². The summed E-state index contributed by atoms with van der Waals surface area (Å²) in [6.07, 6.45) is 4.03. The molecule has 0 saturated carbocycles. The van der Waals surface area contributed by atoms with Crippen LogP contribution < -0.4 is 5.32 Å². The maximum Gasteiger partial charge on any atom is 0.247 e. The van der Waals surface area contributed by atoms with Crippen LogP contribution in [0.25, 0.3) is 11.5 Å². The molecule has 2 heterocycles. The summed E-state index contributed by atoms with van der Waals surface area (Å²) in [7, 11) is 0. The number of aromatic nitrogens is 2. The highest BCUT2D eigenvalue weighted by Gasteiger charge is 2.10. The van der Waals surface area contributed by atoms with Gasteiger partial charge in [-0.3, -0.25) is 0 Å². The predicted octanol–water partition coefficient (Wildman–Crippen LogP) is 2.97. The monoisotopic (exact) mass is 320 g/mol. The summed E-state index contributed by atoms with van der Waals surface area (Å²) in [4.78, 5) is 2.50. The van der Waals surface area contributed by atoms with Crippen LogP contribution in [0.3, 0.4) is 0 Å². The SMILES string of the molecule is Clc1cccc(-c2nnc(CNCCN3CCCCC3)o2)c1. The van der Waals surface area contributed by atoms with E-state index in [0.29, 0.717) is 23.3 Å². The van der Waals surface area contributed by atoms with Crippen LogP contribution >= 0.6 is 11.6 Å². The van der Waals surface area contributed by atoms with Crippen LogP contribution in [0.4, 0.5) is 0 Å². The molecule has 0 unspecified atom stereocenters. The number of piperidine rings is 1. The zero-order valence-electron chi connectivity index (χ0n) is 12.6. The average Bonchev–Trinajstić information content (AvgIpc) is 3.02. The third kappa shape index (κ3) is 4.29. The Kier molecular flexibility index (Phi) is 5.43. The number of nitrogens with one attached hydrogen (secondary N) is 1. The Labute approximate surface area is 135 Å². The second kappa shape index (κ2) is 7.72. The molecule has 6 heteroatoms. The molecule has 118 valence electrons. The number of hydrogen-bond donors (Lipinski definition) is 1. The van der Waals surface area contributed by atoms with Crippen LogP contribution in [-0.2, 0) is 6.54 Å². The van der Waals surface area contributed by atoms with Gasteiger partial charge in [0.05, 0.1) is 6.54 Å². The standard InChI is InChI=1S/C16H21ClN4O/c17-14-6-4-5-13(11-14)16-20-19-15(22-16)12-18-7-10-21-8-2-1-3-9-21/h4-6,11,18H,1-3,7-10,12H2. The van der Waals surface area contributed by atoms with E-state index in [1.807, 2.05) is 24.3 Å². The minimum atomic E-state index is 0.510. The van der Waals surface area contributed by atoms with E-state index in [4.69, 9.17) is 16.0 Å². The minimum absolute atomic E-state index is 0.510. The fraction of sp³-hybridized carbons (Fsp3) is 0.500. The Morgan fingerprint density at radius 1 is 1.18 bits per heavy atom. The molecule has 1 aromatic heterocycles. The molecule has 22 heavy (non-hydrogen) atoms. The Hall–Kier alpha value is -1.43. The van der Waals surface area contributed by atoms with Gasteiger partial charge in [0.1, 0.15) is 0 Å². The molecule has 1 N–H and O–H groups in total. The largest absolute Gasteiger partial charge is 0.419 e. The van der Waals surface area contributed by atoms with Crippen LogP contribution in [0.2, 0.25) is 5.02 Å². The third-order valence-corrected chi connectivity index (χ3v) is 4.10. The first-order valence-corrected chi connectivity index (χ1v) is 8.20. The topological polar surface area (TPSA) is 54.2 Å². The van der Waals surface area contributed by atoms with E-state index in [1.165, 1.54) is 32.4 Å². The second-order valence-corrected chi connectivity index (χ2v) is 6.03. The van der Waals surface area contributed by atoms with Crippen molar-refractivity contribution in [2.24, 2.45) is 0 Å². The van der Waals surface area contributed by atoms with Crippen LogP contribution in [-0.4, -0.2) is 41.3 Å². The lowest BCUT2D eigenvalue weighted by Crippen LogP contribution is -2.35. The molecule has 1 aliphatic heterocycles. The zero-order valence-corrected chi connectivity index (χ0v) is 13.4. The predicted molar refractivity (Wildman–Crippen MR) is 86.7 cm³/mol. The van der Waals surface area contributed by atoms with Crippen molar-refractivity contribution in [1.29, 1.82) is 0 Å². The van der Waals surface area contributed by atoms with Gasteiger partial charge in [0, 0.05) is 23.7 Å². The molecular formula is C16H21ClN4O. The fourth-order valence-corrected chi connectivity index (χ4v) is 2.87. The lowest BCUT2D eigenvalue weighted by atomic mass is 10.1. The maximum atomic E-state index is 5.97. The first-order valence-electron chi connectivity index (χ1n) is 7.83. The van der Waals surface area contributed by atoms with E-state index in [9.17, 15) is 0 Å². The van der Waals surface area contributed by atoms with Gasteiger partial charge in [-0.05, 0) is 44.1 Å². The van der Waals surface area contributed by atoms with Crippen molar-refractivity contribution in [3.05, 3.63) is 35.2 Å².